The second-order valence-corrected chi connectivity index (χ2v) is 7.40. The third kappa shape index (κ3) is 4.71. The monoisotopic (exact) mass is 391 g/mol. The van der Waals surface area contributed by atoms with Crippen molar-refractivity contribution in [1.82, 2.24) is 9.88 Å². The number of methoxy groups -OCH3 is 1. The van der Waals surface area contributed by atoms with Gasteiger partial charge in [-0.05, 0) is 42.9 Å². The maximum atomic E-state index is 13.2. The number of ether oxygens (including phenoxy) is 1. The van der Waals surface area contributed by atoms with Crippen molar-refractivity contribution < 1.29 is 9.53 Å². The lowest BCUT2D eigenvalue weighted by molar-refractivity contribution is 0.0764. The number of pyridine rings is 1. The van der Waals surface area contributed by atoms with E-state index in [-0.39, 0.29) is 5.91 Å². The fourth-order valence-corrected chi connectivity index (χ4v) is 3.99. The number of carbonyl (C=O) groups is 1. The molecule has 1 amide bonds. The highest BCUT2D eigenvalue weighted by atomic mass is 16.5. The number of hydrogen-bond donors (Lipinski definition) is 0. The molecule has 2 fully saturated rings. The van der Waals surface area contributed by atoms with Crippen LogP contribution < -0.4 is 9.64 Å². The summed E-state index contributed by atoms with van der Waals surface area (Å²) >= 11 is 0. The number of terminal acetylenes is 1. The first kappa shape index (κ1) is 20.7. The van der Waals surface area contributed by atoms with E-state index in [0.717, 1.165) is 49.7 Å². The van der Waals surface area contributed by atoms with Crippen molar-refractivity contribution in [2.75, 3.05) is 38.2 Å². The highest BCUT2D eigenvalue weighted by Crippen LogP contribution is 2.38. The molecule has 1 aromatic heterocycles. The smallest absolute Gasteiger partial charge is 0.254 e. The van der Waals surface area contributed by atoms with E-state index in [9.17, 15) is 4.79 Å². The van der Waals surface area contributed by atoms with Crippen molar-refractivity contribution in [3.8, 4) is 18.6 Å². The summed E-state index contributed by atoms with van der Waals surface area (Å²) in [4.78, 5) is 22.0. The Bertz CT molecular complexity index is 845. The molecular formula is C24H29N3O2. The molecule has 0 unspecified atom stereocenters. The van der Waals surface area contributed by atoms with E-state index in [1.807, 2.05) is 29.2 Å². The molecule has 0 atom stereocenters. The van der Waals surface area contributed by atoms with E-state index in [0.29, 0.717) is 5.92 Å². The van der Waals surface area contributed by atoms with E-state index in [1.165, 1.54) is 24.8 Å². The molecule has 0 N–H and O–H groups in total. The first-order valence-electron chi connectivity index (χ1n) is 10.2. The van der Waals surface area contributed by atoms with E-state index in [1.54, 1.807) is 13.3 Å². The minimum Gasteiger partial charge on any atom is -0.497 e. The summed E-state index contributed by atoms with van der Waals surface area (Å²) in [7, 11) is 1.67. The van der Waals surface area contributed by atoms with Crippen LogP contribution in [0.5, 0.6) is 5.75 Å². The summed E-state index contributed by atoms with van der Waals surface area (Å²) in [6, 6.07) is 12.0. The van der Waals surface area contributed by atoms with Gasteiger partial charge in [-0.25, -0.2) is 4.98 Å². The zero-order valence-corrected chi connectivity index (χ0v) is 17.1. The summed E-state index contributed by atoms with van der Waals surface area (Å²) in [5, 5.41) is 0. The Labute approximate surface area is 173 Å². The van der Waals surface area contributed by atoms with Crippen LogP contribution in [0.3, 0.4) is 0 Å². The number of amides is 1. The minimum absolute atomic E-state index is 0.179. The third-order valence-electron chi connectivity index (χ3n) is 5.80. The Morgan fingerprint density at radius 3 is 2.59 bits per heavy atom. The Morgan fingerprint density at radius 1 is 1.07 bits per heavy atom. The van der Waals surface area contributed by atoms with Gasteiger partial charge in [0.2, 0.25) is 0 Å². The molecule has 5 heteroatoms. The van der Waals surface area contributed by atoms with E-state index in [2.05, 4.69) is 34.9 Å². The average Bonchev–Trinajstić information content (AvgIpc) is 3.00. The van der Waals surface area contributed by atoms with Crippen LogP contribution in [-0.4, -0.2) is 49.1 Å². The molecule has 29 heavy (non-hydrogen) atoms. The van der Waals surface area contributed by atoms with Gasteiger partial charge in [0, 0.05) is 44.0 Å². The first-order chi connectivity index (χ1) is 14.3. The predicted octanol–water partition coefficient (Wildman–Crippen LogP) is 3.96. The van der Waals surface area contributed by atoms with Crippen LogP contribution in [-0.2, 0) is 0 Å². The predicted molar refractivity (Wildman–Crippen MR) is 116 cm³/mol. The molecule has 2 aromatic rings. The summed E-state index contributed by atoms with van der Waals surface area (Å²) < 4.78 is 5.31. The first-order valence-corrected chi connectivity index (χ1v) is 10.2. The van der Waals surface area contributed by atoms with Crippen molar-refractivity contribution >= 4 is 11.7 Å². The zero-order valence-electron chi connectivity index (χ0n) is 17.1. The molecule has 4 rings (SSSR count). The summed E-state index contributed by atoms with van der Waals surface area (Å²) in [5.41, 5.74) is 2.14. The minimum atomic E-state index is 0.179. The molecule has 1 aliphatic heterocycles. The molecule has 1 aliphatic carbocycles. The highest BCUT2D eigenvalue weighted by molar-refractivity contribution is 5.96. The van der Waals surface area contributed by atoms with E-state index in [4.69, 9.17) is 4.74 Å². The van der Waals surface area contributed by atoms with Crippen molar-refractivity contribution in [1.29, 1.82) is 0 Å². The van der Waals surface area contributed by atoms with Gasteiger partial charge in [0.05, 0.1) is 7.11 Å². The molecule has 2 heterocycles. The van der Waals surface area contributed by atoms with Gasteiger partial charge < -0.3 is 14.5 Å². The van der Waals surface area contributed by atoms with Gasteiger partial charge in [0.1, 0.15) is 11.6 Å². The molecule has 0 spiro atoms. The maximum absolute atomic E-state index is 13.2. The van der Waals surface area contributed by atoms with Crippen molar-refractivity contribution in [3.05, 3.63) is 53.7 Å². The van der Waals surface area contributed by atoms with Crippen LogP contribution >= 0.6 is 0 Å². The van der Waals surface area contributed by atoms with Gasteiger partial charge in [0.25, 0.3) is 5.91 Å². The fraction of sp³-hybridized carbons (Fsp3) is 0.417. The Morgan fingerprint density at radius 2 is 1.86 bits per heavy atom. The largest absolute Gasteiger partial charge is 0.497 e. The molecule has 1 saturated heterocycles. The number of hydrogen-bond acceptors (Lipinski definition) is 4. The van der Waals surface area contributed by atoms with Crippen LogP contribution in [0.4, 0.5) is 5.82 Å². The molecular weight excluding hydrogens is 362 g/mol. The molecule has 2 aliphatic rings. The van der Waals surface area contributed by atoms with Gasteiger partial charge in [0.15, 0.2) is 0 Å². The van der Waals surface area contributed by atoms with Crippen molar-refractivity contribution in [2.24, 2.45) is 0 Å². The van der Waals surface area contributed by atoms with Crippen LogP contribution in [0, 0.1) is 12.8 Å². The lowest BCUT2D eigenvalue weighted by Crippen LogP contribution is -2.36. The Kier molecular flexibility index (Phi) is 7.13. The molecule has 5 nitrogen and oxygen atoms in total. The molecule has 1 aromatic carbocycles. The third-order valence-corrected chi connectivity index (χ3v) is 5.80. The van der Waals surface area contributed by atoms with Crippen LogP contribution in [0.15, 0.2) is 42.6 Å². The number of aromatic nitrogens is 1. The molecule has 0 bridgehead atoms. The summed E-state index contributed by atoms with van der Waals surface area (Å²) in [6.07, 6.45) is 14.4. The SMILES string of the molecule is C#C.COc1ccnc(N2CCCN(C(=O)c3ccccc3C3CCC3)CC2)c1. The lowest BCUT2D eigenvalue weighted by atomic mass is 9.78. The maximum Gasteiger partial charge on any atom is 0.254 e. The highest BCUT2D eigenvalue weighted by Gasteiger charge is 2.27. The normalized spacial score (nSPS) is 16.8. The molecule has 152 valence electrons. The van der Waals surface area contributed by atoms with Crippen LogP contribution in [0.1, 0.15) is 47.5 Å². The number of nitrogens with zero attached hydrogens (tertiary/aromatic N) is 3. The topological polar surface area (TPSA) is 45.7 Å². The zero-order chi connectivity index (χ0) is 20.6. The summed E-state index contributed by atoms with van der Waals surface area (Å²) in [6.45, 7) is 3.20. The fourth-order valence-electron chi connectivity index (χ4n) is 3.99. The van der Waals surface area contributed by atoms with Gasteiger partial charge >= 0.3 is 0 Å². The Hall–Kier alpha value is -3.00. The standard InChI is InChI=1S/C22H27N3O2.C2H2/c1-27-18-10-11-23-21(16-18)24-12-5-13-25(15-14-24)22(26)20-9-3-2-8-19(20)17-6-4-7-17;1-2/h2-3,8-11,16-17H,4-7,12-15H2,1H3;1-2H. The number of carbonyl (C=O) groups excluding carboxylic acids is 1. The van der Waals surface area contributed by atoms with Crippen molar-refractivity contribution in [2.45, 2.75) is 31.6 Å². The number of rotatable bonds is 4. The number of benzene rings is 1. The van der Waals surface area contributed by atoms with Gasteiger partial charge in [-0.2, -0.15) is 0 Å². The van der Waals surface area contributed by atoms with Gasteiger partial charge in [-0.1, -0.05) is 24.6 Å². The van der Waals surface area contributed by atoms with E-state index >= 15 is 0 Å². The summed E-state index contributed by atoms with van der Waals surface area (Å²) in [5.74, 6) is 2.47. The van der Waals surface area contributed by atoms with Gasteiger partial charge in [-0.3, -0.25) is 4.79 Å². The van der Waals surface area contributed by atoms with Crippen molar-refractivity contribution in [3.63, 3.8) is 0 Å². The van der Waals surface area contributed by atoms with Crippen LogP contribution in [0.25, 0.3) is 0 Å². The number of anilines is 1. The average molecular weight is 392 g/mol. The quantitative estimate of drug-likeness (QED) is 0.740. The van der Waals surface area contributed by atoms with Gasteiger partial charge in [-0.15, -0.1) is 12.8 Å². The Balaban J connectivity index is 0.00000117. The lowest BCUT2D eigenvalue weighted by Gasteiger charge is -2.29. The van der Waals surface area contributed by atoms with Crippen LogP contribution in [0.2, 0.25) is 0 Å². The second kappa shape index (κ2) is 9.97. The second-order valence-electron chi connectivity index (χ2n) is 7.40. The molecule has 0 radical (unpaired) electrons. The molecule has 1 saturated carbocycles. The van der Waals surface area contributed by atoms with E-state index < -0.39 is 0 Å².